The van der Waals surface area contributed by atoms with Gasteiger partial charge in [0.1, 0.15) is 0 Å². The number of nitrogens with zero attached hydrogens (tertiary/aromatic N) is 1. The molecule has 0 atom stereocenters. The average molecular weight is 696 g/mol. The number of fused-ring (bicyclic) bond motifs is 5. The Balaban J connectivity index is 1.03. The maximum absolute atomic E-state index is 6.77. The molecule has 0 aromatic heterocycles. The van der Waals surface area contributed by atoms with Gasteiger partial charge in [-0.05, 0) is 105 Å². The summed E-state index contributed by atoms with van der Waals surface area (Å²) in [4.78, 5) is 2.33. The molecule has 258 valence electrons. The number of hydrogen-bond donors (Lipinski definition) is 0. The fourth-order valence-electron chi connectivity index (χ4n) is 8.17. The van der Waals surface area contributed by atoms with Gasteiger partial charge in [-0.2, -0.15) is 0 Å². The predicted octanol–water partition coefficient (Wildman–Crippen LogP) is 14.4. The van der Waals surface area contributed by atoms with E-state index in [0.29, 0.717) is 5.75 Å². The van der Waals surface area contributed by atoms with Crippen LogP contribution in [-0.2, 0) is 5.41 Å². The normalized spacial score (nSPS) is 13.1. The van der Waals surface area contributed by atoms with Gasteiger partial charge >= 0.3 is 0 Å². The van der Waals surface area contributed by atoms with Crippen LogP contribution in [0.5, 0.6) is 23.0 Å². The Hall–Kier alpha value is -6.84. The van der Waals surface area contributed by atoms with Crippen molar-refractivity contribution in [2.24, 2.45) is 0 Å². The lowest BCUT2D eigenvalue weighted by Crippen LogP contribution is -2.15. The third kappa shape index (κ3) is 5.36. The molecule has 0 bridgehead atoms. The molecule has 1 heterocycles. The molecule has 0 saturated carbocycles. The van der Waals surface area contributed by atoms with Crippen LogP contribution in [-0.4, -0.2) is 0 Å². The van der Waals surface area contributed by atoms with Gasteiger partial charge in [0.25, 0.3) is 0 Å². The third-order valence-electron chi connectivity index (χ3n) is 10.9. The molecule has 0 N–H and O–H groups in total. The first-order chi connectivity index (χ1) is 26.5. The lowest BCUT2D eigenvalue weighted by Gasteiger charge is -2.27. The summed E-state index contributed by atoms with van der Waals surface area (Å²) in [5.74, 6) is 2.93. The zero-order chi connectivity index (χ0) is 36.2. The van der Waals surface area contributed by atoms with E-state index in [4.69, 9.17) is 9.47 Å². The van der Waals surface area contributed by atoms with Gasteiger partial charge in [-0.1, -0.05) is 147 Å². The van der Waals surface area contributed by atoms with Crippen molar-refractivity contribution < 1.29 is 9.47 Å². The van der Waals surface area contributed by atoms with Crippen LogP contribution in [0.2, 0.25) is 0 Å². The van der Waals surface area contributed by atoms with E-state index in [0.717, 1.165) is 45.4 Å². The first-order valence-corrected chi connectivity index (χ1v) is 18.5. The maximum atomic E-state index is 6.77. The molecule has 0 amide bonds. The van der Waals surface area contributed by atoms with Crippen LogP contribution in [0.1, 0.15) is 25.0 Å². The molecule has 0 fully saturated rings. The van der Waals surface area contributed by atoms with Crippen molar-refractivity contribution in [1.82, 2.24) is 0 Å². The summed E-state index contributed by atoms with van der Waals surface area (Å²) >= 11 is 0. The molecule has 54 heavy (non-hydrogen) atoms. The standard InChI is InChI=1S/C51H37NO2/c1-51(2)45-24-10-9-22-43(45)44-32-48-49(33-46(44)51)54-50-42(23-13-25-47(50)53-48)36-26-28-39(29-27-36)52(40-20-11-18-37(30-40)34-14-5-3-6-15-34)41-21-12-19-38(31-41)35-16-7-4-8-17-35/h3-33H,1-2H3. The van der Waals surface area contributed by atoms with Gasteiger partial charge in [-0.15, -0.1) is 0 Å². The molecule has 1 aliphatic carbocycles. The highest BCUT2D eigenvalue weighted by molar-refractivity contribution is 5.86. The minimum Gasteiger partial charge on any atom is -0.449 e. The highest BCUT2D eigenvalue weighted by atomic mass is 16.6. The Morgan fingerprint density at radius 3 is 1.57 bits per heavy atom. The van der Waals surface area contributed by atoms with Crippen molar-refractivity contribution >= 4 is 17.1 Å². The van der Waals surface area contributed by atoms with Gasteiger partial charge < -0.3 is 14.4 Å². The van der Waals surface area contributed by atoms with Crippen LogP contribution in [0.4, 0.5) is 17.1 Å². The van der Waals surface area contributed by atoms with E-state index in [2.05, 4.69) is 195 Å². The maximum Gasteiger partial charge on any atom is 0.177 e. The highest BCUT2D eigenvalue weighted by Gasteiger charge is 2.37. The van der Waals surface area contributed by atoms with E-state index in [1.54, 1.807) is 0 Å². The number of anilines is 3. The molecule has 2 aliphatic rings. The molecule has 0 unspecified atom stereocenters. The summed E-state index contributed by atoms with van der Waals surface area (Å²) in [5.41, 5.74) is 14.9. The largest absolute Gasteiger partial charge is 0.449 e. The van der Waals surface area contributed by atoms with Gasteiger partial charge in [0.05, 0.1) is 0 Å². The highest BCUT2D eigenvalue weighted by Crippen LogP contribution is 2.56. The molecular weight excluding hydrogens is 659 g/mol. The zero-order valence-corrected chi connectivity index (χ0v) is 30.2. The Morgan fingerprint density at radius 2 is 0.907 bits per heavy atom. The van der Waals surface area contributed by atoms with Crippen molar-refractivity contribution in [2.45, 2.75) is 19.3 Å². The number of ether oxygens (including phenoxy) is 2. The summed E-state index contributed by atoms with van der Waals surface area (Å²) in [6.07, 6.45) is 0. The lowest BCUT2D eigenvalue weighted by atomic mass is 9.82. The Bertz CT molecular complexity index is 2600. The Labute approximate surface area is 316 Å². The average Bonchev–Trinajstić information content (AvgIpc) is 3.45. The van der Waals surface area contributed by atoms with Crippen molar-refractivity contribution in [1.29, 1.82) is 0 Å². The summed E-state index contributed by atoms with van der Waals surface area (Å²) in [6, 6.07) is 66.5. The van der Waals surface area contributed by atoms with E-state index >= 15 is 0 Å². The topological polar surface area (TPSA) is 21.7 Å². The Morgan fingerprint density at radius 1 is 0.352 bits per heavy atom. The number of hydrogen-bond acceptors (Lipinski definition) is 3. The second-order valence-corrected chi connectivity index (χ2v) is 14.6. The van der Waals surface area contributed by atoms with Gasteiger partial charge in [-0.3, -0.25) is 0 Å². The molecular formula is C51H37NO2. The summed E-state index contributed by atoms with van der Waals surface area (Å²) in [5, 5.41) is 0. The molecule has 0 saturated heterocycles. The number of rotatable bonds is 6. The molecule has 0 spiro atoms. The fraction of sp³-hybridized carbons (Fsp3) is 0.0588. The molecule has 1 aliphatic heterocycles. The predicted molar refractivity (Wildman–Crippen MR) is 222 cm³/mol. The quantitative estimate of drug-likeness (QED) is 0.173. The van der Waals surface area contributed by atoms with E-state index in [1.165, 1.54) is 44.5 Å². The van der Waals surface area contributed by atoms with Crippen LogP contribution < -0.4 is 14.4 Å². The monoisotopic (exact) mass is 695 g/mol. The van der Waals surface area contributed by atoms with Crippen LogP contribution in [0, 0.1) is 0 Å². The summed E-state index contributed by atoms with van der Waals surface area (Å²) < 4.78 is 13.4. The summed E-state index contributed by atoms with van der Waals surface area (Å²) in [6.45, 7) is 4.57. The number of benzene rings is 8. The van der Waals surface area contributed by atoms with E-state index in [9.17, 15) is 0 Å². The van der Waals surface area contributed by atoms with Crippen LogP contribution in [0.3, 0.4) is 0 Å². The Kier molecular flexibility index (Phi) is 7.48. The minimum absolute atomic E-state index is 0.132. The van der Waals surface area contributed by atoms with Crippen molar-refractivity contribution in [2.75, 3.05) is 4.90 Å². The van der Waals surface area contributed by atoms with Crippen LogP contribution >= 0.6 is 0 Å². The lowest BCUT2D eigenvalue weighted by molar-refractivity contribution is 0.360. The SMILES string of the molecule is CC1(C)c2ccccc2-c2cc3c(cc21)Oc1c(cccc1-c1ccc(N(c2cccc(-c4ccccc4)c2)c2cccc(-c4ccccc4)c2)cc1)O3. The van der Waals surface area contributed by atoms with Crippen molar-refractivity contribution in [3.63, 3.8) is 0 Å². The van der Waals surface area contributed by atoms with E-state index < -0.39 is 0 Å². The first-order valence-electron chi connectivity index (χ1n) is 18.5. The summed E-state index contributed by atoms with van der Waals surface area (Å²) in [7, 11) is 0. The molecule has 3 heteroatoms. The van der Waals surface area contributed by atoms with Gasteiger partial charge in [-0.25, -0.2) is 0 Å². The molecule has 3 nitrogen and oxygen atoms in total. The molecule has 8 aromatic carbocycles. The second kappa shape index (κ2) is 12.7. The van der Waals surface area contributed by atoms with Crippen molar-refractivity contribution in [3.8, 4) is 67.5 Å². The fourth-order valence-corrected chi connectivity index (χ4v) is 8.17. The molecule has 0 radical (unpaired) electrons. The van der Waals surface area contributed by atoms with Crippen LogP contribution in [0.15, 0.2) is 188 Å². The molecule has 10 rings (SSSR count). The van der Waals surface area contributed by atoms with E-state index in [-0.39, 0.29) is 5.41 Å². The van der Waals surface area contributed by atoms with Crippen LogP contribution in [0.25, 0.3) is 44.5 Å². The van der Waals surface area contributed by atoms with Gasteiger partial charge in [0, 0.05) is 28.0 Å². The van der Waals surface area contributed by atoms with Crippen molar-refractivity contribution in [3.05, 3.63) is 199 Å². The third-order valence-corrected chi connectivity index (χ3v) is 10.9. The first kappa shape index (κ1) is 31.9. The van der Waals surface area contributed by atoms with Gasteiger partial charge in [0.15, 0.2) is 23.0 Å². The minimum atomic E-state index is -0.132. The second-order valence-electron chi connectivity index (χ2n) is 14.6. The van der Waals surface area contributed by atoms with E-state index in [1.807, 2.05) is 12.1 Å². The smallest absolute Gasteiger partial charge is 0.177 e. The van der Waals surface area contributed by atoms with Gasteiger partial charge in [0.2, 0.25) is 0 Å². The number of para-hydroxylation sites is 1. The molecule has 8 aromatic rings. The zero-order valence-electron chi connectivity index (χ0n) is 30.2.